The highest BCUT2D eigenvalue weighted by Gasteiger charge is 2.16. The van der Waals surface area contributed by atoms with Crippen molar-refractivity contribution in [2.24, 2.45) is 0 Å². The first-order valence-corrected chi connectivity index (χ1v) is 11.7. The van der Waals surface area contributed by atoms with E-state index in [-0.39, 0.29) is 17.4 Å². The molecule has 5 nitrogen and oxygen atoms in total. The molecule has 0 aliphatic heterocycles. The fourth-order valence-electron chi connectivity index (χ4n) is 3.07. The molecule has 3 rings (SSSR count). The number of aryl methyl sites for hydroxylation is 3. The molecule has 0 saturated carbocycles. The molecule has 158 valence electrons. The van der Waals surface area contributed by atoms with Crippen LogP contribution in [0.3, 0.4) is 0 Å². The lowest BCUT2D eigenvalue weighted by molar-refractivity contribution is -0.118. The number of rotatable bonds is 9. The van der Waals surface area contributed by atoms with Gasteiger partial charge < -0.3 is 9.73 Å². The Labute approximate surface area is 180 Å². The molecule has 1 aromatic heterocycles. The van der Waals surface area contributed by atoms with Crippen LogP contribution in [0.25, 0.3) is 11.5 Å². The smallest absolute Gasteiger partial charge is 0.232 e. The molecule has 0 aliphatic rings. The van der Waals surface area contributed by atoms with Crippen molar-refractivity contribution in [3.05, 3.63) is 76.7 Å². The molecule has 6 heteroatoms. The summed E-state index contributed by atoms with van der Waals surface area (Å²) in [5.41, 5.74) is 5.15. The molecule has 30 heavy (non-hydrogen) atoms. The Hall–Kier alpha value is -2.73. The molecule has 3 aromatic rings. The van der Waals surface area contributed by atoms with Gasteiger partial charge in [-0.05, 0) is 49.9 Å². The van der Waals surface area contributed by atoms with Gasteiger partial charge in [0, 0.05) is 22.9 Å². The van der Waals surface area contributed by atoms with E-state index in [1.807, 2.05) is 38.1 Å². The van der Waals surface area contributed by atoms with Crippen molar-refractivity contribution in [2.75, 3.05) is 12.3 Å². The van der Waals surface area contributed by atoms with Crippen LogP contribution < -0.4 is 5.32 Å². The van der Waals surface area contributed by atoms with Crippen LogP contribution in [0.4, 0.5) is 0 Å². The molecule has 0 saturated heterocycles. The quantitative estimate of drug-likeness (QED) is 0.561. The fraction of sp³-hybridized carbons (Fsp3) is 0.333. The third-order valence-corrected chi connectivity index (χ3v) is 6.13. The first kappa shape index (κ1) is 22.0. The third-order valence-electron chi connectivity index (χ3n) is 4.95. The summed E-state index contributed by atoms with van der Waals surface area (Å²) >= 11 is 0. The molecule has 1 N–H and O–H groups in total. The number of benzene rings is 2. The number of nitrogens with zero attached hydrogens (tertiary/aromatic N) is 1. The number of carbonyl (C=O) groups excluding carboxylic acids is 1. The average molecular weight is 425 g/mol. The zero-order chi connectivity index (χ0) is 21.5. The van der Waals surface area contributed by atoms with Crippen LogP contribution in [-0.2, 0) is 34.2 Å². The highest BCUT2D eigenvalue weighted by molar-refractivity contribution is 7.84. The van der Waals surface area contributed by atoms with Crippen LogP contribution in [0.2, 0.25) is 0 Å². The fourth-order valence-corrected chi connectivity index (χ4v) is 4.14. The van der Waals surface area contributed by atoms with Gasteiger partial charge in [-0.25, -0.2) is 4.98 Å². The lowest BCUT2D eigenvalue weighted by Crippen LogP contribution is -2.30. The zero-order valence-corrected chi connectivity index (χ0v) is 18.6. The SMILES string of the molecule is CCc1ccc(-c2nc(CS(=O)CC(=O)NCCc3ccc(C)cc3)c(C)o2)cc1. The van der Waals surface area contributed by atoms with Gasteiger partial charge in [0.15, 0.2) is 0 Å². The molecular formula is C24H28N2O3S. The lowest BCUT2D eigenvalue weighted by Gasteiger charge is -2.05. The number of amides is 1. The number of oxazole rings is 1. The highest BCUT2D eigenvalue weighted by Crippen LogP contribution is 2.23. The number of hydrogen-bond donors (Lipinski definition) is 1. The zero-order valence-electron chi connectivity index (χ0n) is 17.7. The van der Waals surface area contributed by atoms with Gasteiger partial charge in [0.05, 0.1) is 11.4 Å². The molecule has 1 unspecified atom stereocenters. The van der Waals surface area contributed by atoms with E-state index in [9.17, 15) is 9.00 Å². The lowest BCUT2D eigenvalue weighted by atomic mass is 10.1. The maximum Gasteiger partial charge on any atom is 0.232 e. The van der Waals surface area contributed by atoms with Crippen molar-refractivity contribution < 1.29 is 13.4 Å². The molecule has 1 heterocycles. The Balaban J connectivity index is 1.49. The van der Waals surface area contributed by atoms with Gasteiger partial charge in [0.1, 0.15) is 11.5 Å². The summed E-state index contributed by atoms with van der Waals surface area (Å²) in [5.74, 6) is 1.11. The normalized spacial score (nSPS) is 12.0. The first-order valence-electron chi connectivity index (χ1n) is 10.2. The van der Waals surface area contributed by atoms with E-state index >= 15 is 0 Å². The predicted octanol–water partition coefficient (Wildman–Crippen LogP) is 4.13. The van der Waals surface area contributed by atoms with Crippen LogP contribution in [0.1, 0.15) is 35.1 Å². The summed E-state index contributed by atoms with van der Waals surface area (Å²) in [6, 6.07) is 16.3. The number of nitrogens with one attached hydrogen (secondary N) is 1. The van der Waals surface area contributed by atoms with E-state index in [2.05, 4.69) is 41.5 Å². The first-order chi connectivity index (χ1) is 14.4. The minimum absolute atomic E-state index is 0.0409. The summed E-state index contributed by atoms with van der Waals surface area (Å²) in [7, 11) is -1.35. The van der Waals surface area contributed by atoms with Crippen molar-refractivity contribution >= 4 is 16.7 Å². The molecule has 2 aromatic carbocycles. The predicted molar refractivity (Wildman–Crippen MR) is 121 cm³/mol. The van der Waals surface area contributed by atoms with Crippen LogP contribution in [0, 0.1) is 13.8 Å². The van der Waals surface area contributed by atoms with Gasteiger partial charge in [-0.3, -0.25) is 9.00 Å². The summed E-state index contributed by atoms with van der Waals surface area (Å²) < 4.78 is 18.2. The second kappa shape index (κ2) is 10.3. The van der Waals surface area contributed by atoms with E-state index in [1.54, 1.807) is 0 Å². The highest BCUT2D eigenvalue weighted by atomic mass is 32.2. The Kier molecular flexibility index (Phi) is 7.57. The van der Waals surface area contributed by atoms with Crippen LogP contribution >= 0.6 is 0 Å². The average Bonchev–Trinajstić information content (AvgIpc) is 3.09. The van der Waals surface area contributed by atoms with E-state index in [4.69, 9.17) is 4.42 Å². The van der Waals surface area contributed by atoms with Crippen molar-refractivity contribution in [1.82, 2.24) is 10.3 Å². The Morgan fingerprint density at radius 3 is 2.37 bits per heavy atom. The monoisotopic (exact) mass is 424 g/mol. The number of aromatic nitrogens is 1. The molecule has 0 bridgehead atoms. The second-order valence-corrected chi connectivity index (χ2v) is 8.84. The second-order valence-electron chi connectivity index (χ2n) is 7.39. The maximum atomic E-state index is 12.4. The third kappa shape index (κ3) is 6.13. The van der Waals surface area contributed by atoms with Crippen LogP contribution in [0.15, 0.2) is 52.9 Å². The maximum absolute atomic E-state index is 12.4. The molecule has 0 fully saturated rings. The molecule has 1 atom stereocenters. The minimum Gasteiger partial charge on any atom is -0.441 e. The minimum atomic E-state index is -1.35. The standard InChI is InChI=1S/C24H28N2O3S/c1-4-19-9-11-21(12-10-19)24-26-22(18(3)29-24)15-30(28)16-23(27)25-14-13-20-7-5-17(2)6-8-20/h5-12H,4,13-16H2,1-3H3,(H,25,27). The molecule has 0 radical (unpaired) electrons. The van der Waals surface area contributed by atoms with Crippen molar-refractivity contribution in [3.63, 3.8) is 0 Å². The Morgan fingerprint density at radius 2 is 1.70 bits per heavy atom. The molecular weight excluding hydrogens is 396 g/mol. The van der Waals surface area contributed by atoms with Gasteiger partial charge >= 0.3 is 0 Å². The van der Waals surface area contributed by atoms with Gasteiger partial charge in [-0.2, -0.15) is 0 Å². The van der Waals surface area contributed by atoms with Crippen molar-refractivity contribution in [3.8, 4) is 11.5 Å². The van der Waals surface area contributed by atoms with Gasteiger partial charge in [0.25, 0.3) is 0 Å². The van der Waals surface area contributed by atoms with E-state index in [1.165, 1.54) is 16.7 Å². The van der Waals surface area contributed by atoms with E-state index < -0.39 is 10.8 Å². The Bertz CT molecular complexity index is 1010. The number of hydrogen-bond acceptors (Lipinski definition) is 4. The summed E-state index contributed by atoms with van der Waals surface area (Å²) in [4.78, 5) is 16.6. The molecule has 0 aliphatic carbocycles. The Morgan fingerprint density at radius 1 is 1.03 bits per heavy atom. The van der Waals surface area contributed by atoms with Crippen molar-refractivity contribution in [1.29, 1.82) is 0 Å². The largest absolute Gasteiger partial charge is 0.441 e. The molecule has 1 amide bonds. The van der Waals surface area contributed by atoms with Crippen molar-refractivity contribution in [2.45, 2.75) is 39.4 Å². The van der Waals surface area contributed by atoms with Gasteiger partial charge in [0.2, 0.25) is 11.8 Å². The van der Waals surface area contributed by atoms with Crippen LogP contribution in [-0.4, -0.2) is 27.4 Å². The molecule has 0 spiro atoms. The van der Waals surface area contributed by atoms with E-state index in [0.29, 0.717) is 23.9 Å². The van der Waals surface area contributed by atoms with Crippen LogP contribution in [0.5, 0.6) is 0 Å². The van der Waals surface area contributed by atoms with Gasteiger partial charge in [-0.15, -0.1) is 0 Å². The topological polar surface area (TPSA) is 72.2 Å². The van der Waals surface area contributed by atoms with E-state index in [0.717, 1.165) is 18.4 Å². The summed E-state index contributed by atoms with van der Waals surface area (Å²) in [5, 5.41) is 2.84. The summed E-state index contributed by atoms with van der Waals surface area (Å²) in [6.45, 7) is 6.49. The number of carbonyl (C=O) groups is 1. The summed E-state index contributed by atoms with van der Waals surface area (Å²) in [6.07, 6.45) is 1.73. The van der Waals surface area contributed by atoms with Gasteiger partial charge in [-0.1, -0.05) is 48.9 Å².